The Morgan fingerprint density at radius 1 is 1.10 bits per heavy atom. The van der Waals surface area contributed by atoms with Gasteiger partial charge in [-0.1, -0.05) is 29.8 Å². The molecule has 1 atom stereocenters. The third kappa shape index (κ3) is 3.94. The first kappa shape index (κ1) is 25.6. The largest absolute Gasteiger partial charge is 0.497 e. The zero-order valence-corrected chi connectivity index (χ0v) is 23.4. The molecule has 0 amide bonds. The van der Waals surface area contributed by atoms with Gasteiger partial charge in [0.1, 0.15) is 24.7 Å². The number of hydrogen-bond acceptors (Lipinski definition) is 7. The number of carbonyl (C=O) groups is 1. The highest BCUT2D eigenvalue weighted by molar-refractivity contribution is 9.10. The Morgan fingerprint density at radius 2 is 1.90 bits per heavy atom. The van der Waals surface area contributed by atoms with Crippen molar-refractivity contribution >= 4 is 32.8 Å². The van der Waals surface area contributed by atoms with Gasteiger partial charge in [0.05, 0.1) is 36.1 Å². The van der Waals surface area contributed by atoms with Gasteiger partial charge < -0.3 is 23.9 Å². The first-order chi connectivity index (χ1) is 18.8. The minimum atomic E-state index is -1.85. The van der Waals surface area contributed by atoms with Crippen LogP contribution in [0.3, 0.4) is 0 Å². The smallest absolute Gasteiger partial charge is 0.343 e. The Hall–Kier alpha value is -3.69. The van der Waals surface area contributed by atoms with Crippen LogP contribution < -0.4 is 15.0 Å². The summed E-state index contributed by atoms with van der Waals surface area (Å²) in [6, 6.07) is 13.3. The average molecular weight is 591 g/mol. The van der Waals surface area contributed by atoms with Crippen molar-refractivity contribution in [3.8, 4) is 22.9 Å². The second-order valence-corrected chi connectivity index (χ2v) is 10.7. The number of ether oxygens (including phenoxy) is 3. The van der Waals surface area contributed by atoms with Gasteiger partial charge in [-0.3, -0.25) is 4.79 Å². The monoisotopic (exact) mass is 590 g/mol. The van der Waals surface area contributed by atoms with Crippen molar-refractivity contribution in [3.63, 3.8) is 0 Å². The van der Waals surface area contributed by atoms with Crippen LogP contribution in [0.15, 0.2) is 51.7 Å². The van der Waals surface area contributed by atoms with Crippen molar-refractivity contribution in [1.82, 2.24) is 9.55 Å². The third-order valence-electron chi connectivity index (χ3n) is 7.78. The molecule has 2 aromatic carbocycles. The molecule has 8 nitrogen and oxygen atoms in total. The van der Waals surface area contributed by atoms with Gasteiger partial charge in [-0.25, -0.2) is 9.78 Å². The fourth-order valence-corrected chi connectivity index (χ4v) is 5.95. The average Bonchev–Trinajstić information content (AvgIpc) is 3.32. The molecule has 200 valence electrons. The van der Waals surface area contributed by atoms with Gasteiger partial charge in [-0.2, -0.15) is 0 Å². The van der Waals surface area contributed by atoms with E-state index < -0.39 is 11.6 Å². The lowest BCUT2D eigenvalue weighted by Crippen LogP contribution is -2.44. The molecule has 6 rings (SSSR count). The van der Waals surface area contributed by atoms with Crippen molar-refractivity contribution in [2.75, 3.05) is 7.11 Å². The number of rotatable bonds is 6. The predicted molar refractivity (Wildman–Crippen MR) is 149 cm³/mol. The van der Waals surface area contributed by atoms with E-state index in [1.165, 1.54) is 0 Å². The molecule has 4 heterocycles. The zero-order chi connectivity index (χ0) is 27.5. The summed E-state index contributed by atoms with van der Waals surface area (Å²) in [4.78, 5) is 30.9. The standard InChI is InChI=1S/C30H27BrN2O6/c1-4-19-20-11-18(38-14-16-10-17(37-3)6-8-24(16)31)7-9-25(20)32-27-21(19)13-33-26(27)12-23-22(28(33)34)15-39-29(35)30(23,36)5-2/h6-12,36H,4-5,13-15H2,1-3H3. The summed E-state index contributed by atoms with van der Waals surface area (Å²) in [5.41, 5.74) is 3.62. The summed E-state index contributed by atoms with van der Waals surface area (Å²) in [7, 11) is 1.63. The predicted octanol–water partition coefficient (Wildman–Crippen LogP) is 4.99. The number of methoxy groups -OCH3 is 1. The van der Waals surface area contributed by atoms with Gasteiger partial charge in [-0.05, 0) is 60.9 Å². The number of aromatic nitrogens is 2. The minimum absolute atomic E-state index is 0.106. The van der Waals surface area contributed by atoms with Crippen LogP contribution in [0.5, 0.6) is 11.5 Å². The Bertz CT molecular complexity index is 1730. The molecule has 0 radical (unpaired) electrons. The molecule has 0 saturated heterocycles. The van der Waals surface area contributed by atoms with E-state index in [9.17, 15) is 14.7 Å². The highest BCUT2D eigenvalue weighted by Gasteiger charge is 2.45. The van der Waals surface area contributed by atoms with Crippen molar-refractivity contribution in [3.05, 3.63) is 85.1 Å². The number of pyridine rings is 2. The Balaban J connectivity index is 1.42. The number of fused-ring (bicyclic) bond motifs is 5. The summed E-state index contributed by atoms with van der Waals surface area (Å²) < 4.78 is 19.3. The molecular formula is C30H27BrN2O6. The Labute approximate surface area is 233 Å². The van der Waals surface area contributed by atoms with E-state index in [1.54, 1.807) is 24.7 Å². The minimum Gasteiger partial charge on any atom is -0.497 e. The Morgan fingerprint density at radius 3 is 2.64 bits per heavy atom. The van der Waals surface area contributed by atoms with Crippen molar-refractivity contribution < 1.29 is 24.1 Å². The number of cyclic esters (lactones) is 1. The number of nitrogens with zero attached hydrogens (tertiary/aromatic N) is 2. The molecule has 1 N–H and O–H groups in total. The third-order valence-corrected chi connectivity index (χ3v) is 8.55. The van der Waals surface area contributed by atoms with E-state index in [-0.39, 0.29) is 18.6 Å². The van der Waals surface area contributed by atoms with Crippen LogP contribution in [-0.2, 0) is 41.3 Å². The molecule has 39 heavy (non-hydrogen) atoms. The second kappa shape index (κ2) is 9.50. The number of benzene rings is 2. The molecule has 9 heteroatoms. The lowest BCUT2D eigenvalue weighted by atomic mass is 9.86. The first-order valence-corrected chi connectivity index (χ1v) is 13.7. The fraction of sp³-hybridized carbons (Fsp3) is 0.300. The summed E-state index contributed by atoms with van der Waals surface area (Å²) in [5.74, 6) is 0.739. The molecule has 0 fully saturated rings. The van der Waals surface area contributed by atoms with E-state index in [4.69, 9.17) is 19.2 Å². The van der Waals surface area contributed by atoms with Gasteiger partial charge >= 0.3 is 5.97 Å². The number of aliphatic hydroxyl groups is 1. The summed E-state index contributed by atoms with van der Waals surface area (Å²) in [6.45, 7) is 4.35. The Kier molecular flexibility index (Phi) is 6.23. The molecular weight excluding hydrogens is 564 g/mol. The maximum Gasteiger partial charge on any atom is 0.343 e. The van der Waals surface area contributed by atoms with Crippen molar-refractivity contribution in [2.24, 2.45) is 0 Å². The van der Waals surface area contributed by atoms with Crippen LogP contribution >= 0.6 is 15.9 Å². The lowest BCUT2D eigenvalue weighted by Gasteiger charge is -2.31. The molecule has 2 aromatic heterocycles. The van der Waals surface area contributed by atoms with Crippen LogP contribution in [0.1, 0.15) is 48.1 Å². The summed E-state index contributed by atoms with van der Waals surface area (Å²) in [5, 5.41) is 12.1. The fourth-order valence-electron chi connectivity index (χ4n) is 5.58. The molecule has 0 saturated carbocycles. The molecule has 2 aliphatic rings. The van der Waals surface area contributed by atoms with Gasteiger partial charge in [0.25, 0.3) is 5.56 Å². The van der Waals surface area contributed by atoms with Gasteiger partial charge in [0.2, 0.25) is 0 Å². The van der Waals surface area contributed by atoms with E-state index in [2.05, 4.69) is 22.9 Å². The van der Waals surface area contributed by atoms with E-state index >= 15 is 0 Å². The summed E-state index contributed by atoms with van der Waals surface area (Å²) >= 11 is 3.57. The number of esters is 1. The van der Waals surface area contributed by atoms with Gasteiger partial charge in [0.15, 0.2) is 5.60 Å². The number of hydrogen-bond donors (Lipinski definition) is 1. The number of aryl methyl sites for hydroxylation is 1. The van der Waals surface area contributed by atoms with E-state index in [1.807, 2.05) is 36.4 Å². The SMILES string of the molecule is CCc1c2c(nc3ccc(OCc4cc(OC)ccc4Br)cc13)-c1cc3c(c(=O)n1C2)COC(=O)C3(O)CC. The number of carbonyl (C=O) groups excluding carboxylic acids is 1. The molecule has 1 unspecified atom stereocenters. The molecule has 4 aromatic rings. The highest BCUT2D eigenvalue weighted by Crippen LogP contribution is 2.41. The maximum absolute atomic E-state index is 13.5. The highest BCUT2D eigenvalue weighted by atomic mass is 79.9. The topological polar surface area (TPSA) is 99.9 Å². The molecule has 2 aliphatic heterocycles. The molecule has 0 bridgehead atoms. The van der Waals surface area contributed by atoms with Crippen LogP contribution in [0, 0.1) is 0 Å². The van der Waals surface area contributed by atoms with E-state index in [0.717, 1.165) is 44.2 Å². The zero-order valence-electron chi connectivity index (χ0n) is 21.8. The molecule has 0 aliphatic carbocycles. The second-order valence-electron chi connectivity index (χ2n) is 9.80. The van der Waals surface area contributed by atoms with Crippen molar-refractivity contribution in [2.45, 2.75) is 52.0 Å². The van der Waals surface area contributed by atoms with Crippen LogP contribution in [0.4, 0.5) is 0 Å². The van der Waals surface area contributed by atoms with Gasteiger partial charge in [-0.15, -0.1) is 0 Å². The first-order valence-electron chi connectivity index (χ1n) is 12.9. The maximum atomic E-state index is 13.5. The van der Waals surface area contributed by atoms with Crippen LogP contribution in [0.2, 0.25) is 0 Å². The quantitative estimate of drug-likeness (QED) is 0.278. The molecule has 0 spiro atoms. The normalized spacial score (nSPS) is 17.4. The van der Waals surface area contributed by atoms with Crippen LogP contribution in [-0.4, -0.2) is 27.7 Å². The van der Waals surface area contributed by atoms with Crippen molar-refractivity contribution in [1.29, 1.82) is 0 Å². The van der Waals surface area contributed by atoms with E-state index in [0.29, 0.717) is 41.4 Å². The van der Waals surface area contributed by atoms with Gasteiger partial charge in [0, 0.05) is 26.5 Å². The number of halogens is 1. The van der Waals surface area contributed by atoms with Crippen LogP contribution in [0.25, 0.3) is 22.3 Å². The summed E-state index contributed by atoms with van der Waals surface area (Å²) in [6.07, 6.45) is 0.838. The lowest BCUT2D eigenvalue weighted by molar-refractivity contribution is -0.172.